The SMILES string of the molecule is C[C@H](O)CC=CC=CCCCC=Cc1cccnc1. The van der Waals surface area contributed by atoms with Crippen LogP contribution in [0.4, 0.5) is 0 Å². The van der Waals surface area contributed by atoms with Gasteiger partial charge in [-0.15, -0.1) is 0 Å². The Balaban J connectivity index is 2.07. The molecule has 1 rings (SSSR count). The van der Waals surface area contributed by atoms with Crippen LogP contribution in [0.2, 0.25) is 0 Å². The van der Waals surface area contributed by atoms with E-state index < -0.39 is 0 Å². The van der Waals surface area contributed by atoms with Crippen LogP contribution >= 0.6 is 0 Å². The summed E-state index contributed by atoms with van der Waals surface area (Å²) in [4.78, 5) is 4.07. The first-order valence-electron chi connectivity index (χ1n) is 6.85. The van der Waals surface area contributed by atoms with Crippen LogP contribution in [0.5, 0.6) is 0 Å². The van der Waals surface area contributed by atoms with Gasteiger partial charge in [0, 0.05) is 12.4 Å². The van der Waals surface area contributed by atoms with Crippen LogP contribution in [0.25, 0.3) is 6.08 Å². The van der Waals surface area contributed by atoms with E-state index in [4.69, 9.17) is 5.11 Å². The summed E-state index contributed by atoms with van der Waals surface area (Å²) in [6, 6.07) is 4.00. The molecule has 0 aliphatic carbocycles. The van der Waals surface area contributed by atoms with Gasteiger partial charge in [-0.2, -0.15) is 0 Å². The van der Waals surface area contributed by atoms with Crippen molar-refractivity contribution in [3.63, 3.8) is 0 Å². The van der Waals surface area contributed by atoms with E-state index in [1.54, 1.807) is 13.1 Å². The van der Waals surface area contributed by atoms with E-state index in [1.807, 2.05) is 30.5 Å². The lowest BCUT2D eigenvalue weighted by molar-refractivity contribution is 0.198. The highest BCUT2D eigenvalue weighted by atomic mass is 16.3. The van der Waals surface area contributed by atoms with E-state index >= 15 is 0 Å². The molecule has 0 saturated heterocycles. The van der Waals surface area contributed by atoms with Gasteiger partial charge in [0.15, 0.2) is 0 Å². The van der Waals surface area contributed by atoms with Crippen LogP contribution in [0.1, 0.15) is 38.2 Å². The number of aromatic nitrogens is 1. The van der Waals surface area contributed by atoms with Crippen LogP contribution in [0, 0.1) is 0 Å². The fourth-order valence-corrected chi connectivity index (χ4v) is 1.58. The average Bonchev–Trinajstić information content (AvgIpc) is 2.42. The topological polar surface area (TPSA) is 33.1 Å². The van der Waals surface area contributed by atoms with Crippen LogP contribution in [-0.4, -0.2) is 16.2 Å². The molecule has 0 amide bonds. The van der Waals surface area contributed by atoms with E-state index in [1.165, 1.54) is 0 Å². The van der Waals surface area contributed by atoms with Crippen LogP contribution in [-0.2, 0) is 0 Å². The predicted molar refractivity (Wildman–Crippen MR) is 81.7 cm³/mol. The van der Waals surface area contributed by atoms with E-state index in [9.17, 15) is 0 Å². The lowest BCUT2D eigenvalue weighted by Gasteiger charge is -1.94. The number of aliphatic hydroxyl groups excluding tert-OH is 1. The van der Waals surface area contributed by atoms with Crippen molar-refractivity contribution in [1.29, 1.82) is 0 Å². The zero-order valence-electron chi connectivity index (χ0n) is 11.6. The first kappa shape index (κ1) is 15.4. The van der Waals surface area contributed by atoms with E-state index in [0.29, 0.717) is 0 Å². The van der Waals surface area contributed by atoms with Gasteiger partial charge in [-0.1, -0.05) is 42.5 Å². The number of pyridine rings is 1. The molecule has 2 nitrogen and oxygen atoms in total. The molecule has 0 fully saturated rings. The van der Waals surface area contributed by atoms with Gasteiger partial charge in [-0.25, -0.2) is 0 Å². The highest BCUT2D eigenvalue weighted by Crippen LogP contribution is 2.03. The summed E-state index contributed by atoms with van der Waals surface area (Å²) in [7, 11) is 0. The van der Waals surface area contributed by atoms with Crippen LogP contribution in [0.15, 0.2) is 54.9 Å². The monoisotopic (exact) mass is 257 g/mol. The summed E-state index contributed by atoms with van der Waals surface area (Å²) in [6.45, 7) is 1.79. The molecule has 2 heteroatoms. The van der Waals surface area contributed by atoms with E-state index in [-0.39, 0.29) is 6.10 Å². The maximum absolute atomic E-state index is 9.06. The highest BCUT2D eigenvalue weighted by molar-refractivity contribution is 5.47. The van der Waals surface area contributed by atoms with Gasteiger partial charge >= 0.3 is 0 Å². The largest absolute Gasteiger partial charge is 0.393 e. The lowest BCUT2D eigenvalue weighted by Crippen LogP contribution is -1.94. The first-order valence-corrected chi connectivity index (χ1v) is 6.85. The maximum atomic E-state index is 9.06. The number of hydrogen-bond acceptors (Lipinski definition) is 2. The molecule has 0 aliphatic heterocycles. The summed E-state index contributed by atoms with van der Waals surface area (Å²) in [5.41, 5.74) is 1.15. The number of nitrogens with zero attached hydrogens (tertiary/aromatic N) is 1. The minimum absolute atomic E-state index is 0.248. The molecule has 19 heavy (non-hydrogen) atoms. The van der Waals surface area contributed by atoms with Gasteiger partial charge in [0.2, 0.25) is 0 Å². The second-order valence-corrected chi connectivity index (χ2v) is 4.56. The molecule has 0 aromatic carbocycles. The summed E-state index contributed by atoms with van der Waals surface area (Å²) in [5, 5.41) is 9.06. The lowest BCUT2D eigenvalue weighted by atomic mass is 10.2. The molecule has 1 aromatic rings. The molecule has 0 aliphatic rings. The molecule has 0 bridgehead atoms. The number of unbranched alkanes of at least 4 members (excludes halogenated alkanes) is 2. The first-order chi connectivity index (χ1) is 9.29. The number of allylic oxidation sites excluding steroid dienone is 4. The average molecular weight is 257 g/mol. The molecule has 0 radical (unpaired) electrons. The summed E-state index contributed by atoms with van der Waals surface area (Å²) < 4.78 is 0. The van der Waals surface area contributed by atoms with Crippen molar-refractivity contribution < 1.29 is 5.11 Å². The summed E-state index contributed by atoms with van der Waals surface area (Å²) >= 11 is 0. The molecular weight excluding hydrogens is 234 g/mol. The van der Waals surface area contributed by atoms with Crippen molar-refractivity contribution in [1.82, 2.24) is 4.98 Å². The molecule has 1 aromatic heterocycles. The summed E-state index contributed by atoms with van der Waals surface area (Å²) in [5.74, 6) is 0. The Morgan fingerprint density at radius 3 is 2.74 bits per heavy atom. The molecule has 0 saturated carbocycles. The zero-order chi connectivity index (χ0) is 13.8. The number of rotatable bonds is 8. The Hall–Kier alpha value is -1.67. The molecule has 1 atom stereocenters. The normalized spacial score (nSPS) is 13.8. The predicted octanol–water partition coefficient (Wildman–Crippen LogP) is 4.15. The second kappa shape index (κ2) is 10.3. The Kier molecular flexibility index (Phi) is 8.32. The Morgan fingerprint density at radius 1 is 1.21 bits per heavy atom. The van der Waals surface area contributed by atoms with Gasteiger partial charge in [0.05, 0.1) is 6.10 Å². The molecule has 1 N–H and O–H groups in total. The van der Waals surface area contributed by atoms with Gasteiger partial charge in [-0.3, -0.25) is 4.98 Å². The third-order valence-electron chi connectivity index (χ3n) is 2.60. The zero-order valence-corrected chi connectivity index (χ0v) is 11.6. The second-order valence-electron chi connectivity index (χ2n) is 4.56. The van der Waals surface area contributed by atoms with Gasteiger partial charge in [0.25, 0.3) is 0 Å². The van der Waals surface area contributed by atoms with Crippen molar-refractivity contribution in [3.05, 3.63) is 60.5 Å². The van der Waals surface area contributed by atoms with E-state index in [2.05, 4.69) is 29.3 Å². The third kappa shape index (κ3) is 8.97. The van der Waals surface area contributed by atoms with Crippen molar-refractivity contribution >= 4 is 6.08 Å². The fourth-order valence-electron chi connectivity index (χ4n) is 1.58. The van der Waals surface area contributed by atoms with Crippen molar-refractivity contribution in [2.24, 2.45) is 0 Å². The molecule has 1 heterocycles. The molecule has 0 spiro atoms. The quantitative estimate of drug-likeness (QED) is 0.560. The van der Waals surface area contributed by atoms with Gasteiger partial charge < -0.3 is 5.11 Å². The fraction of sp³-hybridized carbons (Fsp3) is 0.353. The Bertz CT molecular complexity index is 405. The van der Waals surface area contributed by atoms with Crippen molar-refractivity contribution in [2.45, 2.75) is 38.7 Å². The van der Waals surface area contributed by atoms with Crippen molar-refractivity contribution in [2.75, 3.05) is 0 Å². The molecular formula is C17H23NO. The van der Waals surface area contributed by atoms with Gasteiger partial charge in [0.1, 0.15) is 0 Å². The minimum atomic E-state index is -0.248. The summed E-state index contributed by atoms with van der Waals surface area (Å²) in [6.07, 6.45) is 19.9. The van der Waals surface area contributed by atoms with Gasteiger partial charge in [-0.05, 0) is 44.2 Å². The smallest absolute Gasteiger partial charge is 0.0546 e. The number of aliphatic hydroxyl groups is 1. The maximum Gasteiger partial charge on any atom is 0.0546 e. The van der Waals surface area contributed by atoms with Crippen LogP contribution < -0.4 is 0 Å². The number of hydrogen-bond donors (Lipinski definition) is 1. The van der Waals surface area contributed by atoms with Crippen LogP contribution in [0.3, 0.4) is 0 Å². The Labute approximate surface area is 116 Å². The third-order valence-corrected chi connectivity index (χ3v) is 2.60. The van der Waals surface area contributed by atoms with E-state index in [0.717, 1.165) is 31.2 Å². The Morgan fingerprint density at radius 2 is 2.00 bits per heavy atom. The van der Waals surface area contributed by atoms with Crippen molar-refractivity contribution in [3.8, 4) is 0 Å². The highest BCUT2D eigenvalue weighted by Gasteiger charge is 1.87. The molecule has 0 unspecified atom stereocenters. The standard InChI is InChI=1S/C17H23NO/c1-16(19)11-8-6-4-2-3-5-7-9-12-17-13-10-14-18-15-17/h2,4,6,8-10,12-16,19H,3,5,7,11H2,1H3/t16-/m0/s1. The minimum Gasteiger partial charge on any atom is -0.393 e. The molecule has 102 valence electrons.